The number of hydrogen-bond donors (Lipinski definition) is 0. The van der Waals surface area contributed by atoms with Crippen molar-refractivity contribution in [2.24, 2.45) is 5.92 Å². The molecular weight excluding hydrogens is 120 g/mol. The molecule has 0 radical (unpaired) electrons. The Kier molecular flexibility index (Phi) is 6.32. The first-order valence-corrected chi connectivity index (χ1v) is 4.11. The van der Waals surface area contributed by atoms with Crippen LogP contribution in [0.4, 0.5) is 0 Å². The molecule has 0 rings (SSSR count). The van der Waals surface area contributed by atoms with E-state index in [1.165, 1.54) is 19.3 Å². The van der Waals surface area contributed by atoms with Crippen molar-refractivity contribution in [3.05, 3.63) is 18.4 Å². The zero-order valence-corrected chi connectivity index (χ0v) is 7.19. The van der Waals surface area contributed by atoms with Gasteiger partial charge in [0.05, 0.1) is 0 Å². The fourth-order valence-corrected chi connectivity index (χ4v) is 0.901. The van der Waals surface area contributed by atoms with Crippen LogP contribution in [0.5, 0.6) is 0 Å². The second-order valence-electron chi connectivity index (χ2n) is 3.09. The molecule has 0 saturated carbocycles. The molecule has 0 atom stereocenters. The molecule has 0 bridgehead atoms. The number of hydrogen-bond acceptors (Lipinski definition) is 0. The zero-order chi connectivity index (χ0) is 7.82. The maximum Gasteiger partial charge on any atom is -0.0275 e. The third-order valence-corrected chi connectivity index (χ3v) is 1.52. The van der Waals surface area contributed by atoms with Crippen molar-refractivity contribution in [3.8, 4) is 0 Å². The van der Waals surface area contributed by atoms with E-state index in [4.69, 9.17) is 0 Å². The Bertz CT molecular complexity index is 105. The fourth-order valence-electron chi connectivity index (χ4n) is 0.901. The lowest BCUT2D eigenvalue weighted by Gasteiger charge is -2.00. The SMILES string of the molecule is C=C=CCCCCC(C)C. The summed E-state index contributed by atoms with van der Waals surface area (Å²) in [6, 6.07) is 0. The summed E-state index contributed by atoms with van der Waals surface area (Å²) in [5.74, 6) is 0.854. The highest BCUT2D eigenvalue weighted by molar-refractivity contribution is 4.74. The van der Waals surface area contributed by atoms with Gasteiger partial charge in [-0.1, -0.05) is 33.3 Å². The molecule has 0 aliphatic rings. The van der Waals surface area contributed by atoms with E-state index >= 15 is 0 Å². The highest BCUT2D eigenvalue weighted by Crippen LogP contribution is 2.07. The molecule has 0 aromatic carbocycles. The lowest BCUT2D eigenvalue weighted by molar-refractivity contribution is 0.540. The van der Waals surface area contributed by atoms with E-state index in [0.29, 0.717) is 0 Å². The molecule has 0 saturated heterocycles. The van der Waals surface area contributed by atoms with Crippen molar-refractivity contribution < 1.29 is 0 Å². The summed E-state index contributed by atoms with van der Waals surface area (Å²) in [6.07, 6.45) is 7.15. The van der Waals surface area contributed by atoms with E-state index in [9.17, 15) is 0 Å². The molecule has 0 heterocycles. The average Bonchev–Trinajstić information content (AvgIpc) is 1.87. The van der Waals surface area contributed by atoms with Gasteiger partial charge in [-0.05, 0) is 24.8 Å². The molecule has 0 nitrogen and oxygen atoms in total. The van der Waals surface area contributed by atoms with Crippen LogP contribution in [0.1, 0.15) is 39.5 Å². The van der Waals surface area contributed by atoms with Gasteiger partial charge in [-0.2, -0.15) is 0 Å². The lowest BCUT2D eigenvalue weighted by Crippen LogP contribution is -1.85. The van der Waals surface area contributed by atoms with Crippen LogP contribution in [0.3, 0.4) is 0 Å². The summed E-state index contributed by atoms with van der Waals surface area (Å²) in [6.45, 7) is 8.05. The monoisotopic (exact) mass is 138 g/mol. The van der Waals surface area contributed by atoms with Gasteiger partial charge in [0.15, 0.2) is 0 Å². The largest absolute Gasteiger partial charge is 0.133 e. The summed E-state index contributed by atoms with van der Waals surface area (Å²) in [7, 11) is 0. The standard InChI is InChI=1S/C10H18/c1-4-5-6-7-8-9-10(2)3/h5,10H,1,6-9H2,2-3H3. The van der Waals surface area contributed by atoms with Gasteiger partial charge in [0, 0.05) is 0 Å². The Morgan fingerprint density at radius 2 is 2.10 bits per heavy atom. The first kappa shape index (κ1) is 9.52. The van der Waals surface area contributed by atoms with Gasteiger partial charge in [-0.15, -0.1) is 5.73 Å². The Balaban J connectivity index is 2.98. The summed E-state index contributed by atoms with van der Waals surface area (Å²) >= 11 is 0. The molecule has 0 amide bonds. The number of unbranched alkanes of at least 4 members (excludes halogenated alkanes) is 2. The predicted octanol–water partition coefficient (Wildman–Crippen LogP) is 3.54. The van der Waals surface area contributed by atoms with Gasteiger partial charge in [0.1, 0.15) is 0 Å². The molecule has 0 N–H and O–H groups in total. The number of rotatable bonds is 5. The van der Waals surface area contributed by atoms with E-state index in [-0.39, 0.29) is 0 Å². The minimum absolute atomic E-state index is 0.854. The van der Waals surface area contributed by atoms with Crippen molar-refractivity contribution in [2.45, 2.75) is 39.5 Å². The average molecular weight is 138 g/mol. The minimum Gasteiger partial charge on any atom is -0.133 e. The second kappa shape index (κ2) is 6.64. The van der Waals surface area contributed by atoms with Gasteiger partial charge in [0.2, 0.25) is 0 Å². The van der Waals surface area contributed by atoms with Crippen LogP contribution < -0.4 is 0 Å². The van der Waals surface area contributed by atoms with Crippen LogP contribution in [0.25, 0.3) is 0 Å². The summed E-state index contributed by atoms with van der Waals surface area (Å²) in [5, 5.41) is 0. The maximum absolute atomic E-state index is 3.51. The van der Waals surface area contributed by atoms with Crippen molar-refractivity contribution in [2.75, 3.05) is 0 Å². The summed E-state index contributed by atoms with van der Waals surface area (Å²) < 4.78 is 0. The minimum atomic E-state index is 0.854. The zero-order valence-electron chi connectivity index (χ0n) is 7.19. The first-order chi connectivity index (χ1) is 4.77. The van der Waals surface area contributed by atoms with Gasteiger partial charge >= 0.3 is 0 Å². The highest BCUT2D eigenvalue weighted by atomic mass is 14.0. The molecule has 0 aliphatic heterocycles. The van der Waals surface area contributed by atoms with E-state index in [2.05, 4.69) is 26.2 Å². The van der Waals surface area contributed by atoms with Crippen molar-refractivity contribution >= 4 is 0 Å². The molecule has 0 unspecified atom stereocenters. The molecule has 0 spiro atoms. The Morgan fingerprint density at radius 1 is 1.40 bits per heavy atom. The third-order valence-electron chi connectivity index (χ3n) is 1.52. The number of allylic oxidation sites excluding steroid dienone is 1. The van der Waals surface area contributed by atoms with E-state index in [1.54, 1.807) is 0 Å². The third kappa shape index (κ3) is 7.52. The normalized spacial score (nSPS) is 9.50. The Hall–Kier alpha value is -0.480. The van der Waals surface area contributed by atoms with Gasteiger partial charge in [0.25, 0.3) is 0 Å². The Morgan fingerprint density at radius 3 is 2.60 bits per heavy atom. The summed E-state index contributed by atoms with van der Waals surface area (Å²) in [4.78, 5) is 0. The van der Waals surface area contributed by atoms with Crippen LogP contribution in [-0.2, 0) is 0 Å². The quantitative estimate of drug-likeness (QED) is 0.402. The van der Waals surface area contributed by atoms with Crippen LogP contribution in [-0.4, -0.2) is 0 Å². The van der Waals surface area contributed by atoms with Crippen molar-refractivity contribution in [1.29, 1.82) is 0 Å². The molecule has 0 aromatic heterocycles. The molecule has 0 fully saturated rings. The molecular formula is C10H18. The van der Waals surface area contributed by atoms with E-state index in [0.717, 1.165) is 12.3 Å². The van der Waals surface area contributed by atoms with Gasteiger partial charge in [-0.3, -0.25) is 0 Å². The predicted molar refractivity (Wildman–Crippen MR) is 47.0 cm³/mol. The van der Waals surface area contributed by atoms with Crippen molar-refractivity contribution in [3.63, 3.8) is 0 Å². The van der Waals surface area contributed by atoms with E-state index in [1.807, 2.05) is 6.08 Å². The molecule has 0 aliphatic carbocycles. The Labute approximate surface area is 64.6 Å². The molecule has 58 valence electrons. The van der Waals surface area contributed by atoms with Gasteiger partial charge in [-0.25, -0.2) is 0 Å². The van der Waals surface area contributed by atoms with Crippen LogP contribution >= 0.6 is 0 Å². The maximum atomic E-state index is 3.51. The highest BCUT2D eigenvalue weighted by Gasteiger charge is 1.91. The second-order valence-corrected chi connectivity index (χ2v) is 3.09. The van der Waals surface area contributed by atoms with Gasteiger partial charge < -0.3 is 0 Å². The van der Waals surface area contributed by atoms with Crippen LogP contribution in [0, 0.1) is 5.92 Å². The fraction of sp³-hybridized carbons (Fsp3) is 0.700. The van der Waals surface area contributed by atoms with Crippen LogP contribution in [0.2, 0.25) is 0 Å². The lowest BCUT2D eigenvalue weighted by atomic mass is 10.1. The van der Waals surface area contributed by atoms with Crippen molar-refractivity contribution in [1.82, 2.24) is 0 Å². The molecule has 10 heavy (non-hydrogen) atoms. The smallest absolute Gasteiger partial charge is 0.0275 e. The van der Waals surface area contributed by atoms with E-state index < -0.39 is 0 Å². The summed E-state index contributed by atoms with van der Waals surface area (Å²) in [5.41, 5.74) is 2.78. The molecule has 0 aromatic rings. The first-order valence-electron chi connectivity index (χ1n) is 4.11. The molecule has 0 heteroatoms. The topological polar surface area (TPSA) is 0 Å². The van der Waals surface area contributed by atoms with Crippen LogP contribution in [0.15, 0.2) is 18.4 Å².